The fourth-order valence-electron chi connectivity index (χ4n) is 8.90. The number of aromatic carboxylic acids is 3. The first-order valence-electron chi connectivity index (χ1n) is 28.6. The summed E-state index contributed by atoms with van der Waals surface area (Å²) in [6.45, 7) is 9.24. The summed E-state index contributed by atoms with van der Waals surface area (Å²) in [6.07, 6.45) is 54.0. The molecule has 0 atom stereocenters. The van der Waals surface area contributed by atoms with Crippen LogP contribution in [0.5, 0.6) is 0 Å². The standard InChI is InChI=1S/3C17H29N3.C9H6O6/c3*1-2-3-4-5-6-7-8-9-10-12-17-19-14-16-20(17)15-11-13-18;10-7(11)4-2-1-3-5(8(12)13)6(4)9(14)15/h3*14,16H,2-12,15H2,1H3;1-3H,(H,10,11)(H,12,13)(H,14,15). The van der Waals surface area contributed by atoms with Crippen molar-refractivity contribution in [1.82, 2.24) is 15.0 Å². The van der Waals surface area contributed by atoms with Gasteiger partial charge in [-0.3, -0.25) is 0 Å². The number of nitrogens with one attached hydrogen (secondary N) is 3. The van der Waals surface area contributed by atoms with Crippen LogP contribution < -0.4 is 29.0 Å². The van der Waals surface area contributed by atoms with Crippen LogP contribution >= 0.6 is 0 Å². The lowest BCUT2D eigenvalue weighted by molar-refractivity contribution is -0.702. The van der Waals surface area contributed by atoms with Gasteiger partial charge in [-0.05, 0) is 19.3 Å². The molecule has 75 heavy (non-hydrogen) atoms. The second kappa shape index (κ2) is 46.3. The molecule has 414 valence electrons. The van der Waals surface area contributed by atoms with Crippen LogP contribution in [0.3, 0.4) is 0 Å². The van der Waals surface area contributed by atoms with Crippen molar-refractivity contribution in [2.75, 3.05) is 0 Å². The third-order valence-electron chi connectivity index (χ3n) is 13.2. The van der Waals surface area contributed by atoms with Crippen molar-refractivity contribution in [3.05, 3.63) is 89.5 Å². The van der Waals surface area contributed by atoms with E-state index in [2.05, 4.69) is 67.6 Å². The lowest BCUT2D eigenvalue weighted by Gasteiger charge is -2.16. The second-order valence-electron chi connectivity index (χ2n) is 19.4. The van der Waals surface area contributed by atoms with E-state index in [1.165, 1.54) is 191 Å². The van der Waals surface area contributed by atoms with E-state index in [1.807, 2.05) is 37.2 Å². The summed E-state index contributed by atoms with van der Waals surface area (Å²) in [6, 6.07) is 9.50. The Balaban J connectivity index is 0.000000503. The summed E-state index contributed by atoms with van der Waals surface area (Å²) in [5, 5.41) is 57.4. The molecule has 3 heterocycles. The van der Waals surface area contributed by atoms with Crippen LogP contribution in [0.1, 0.15) is 262 Å². The minimum absolute atomic E-state index is 0.591. The van der Waals surface area contributed by atoms with Crippen LogP contribution in [0.25, 0.3) is 0 Å². The molecule has 0 aliphatic heterocycles. The third kappa shape index (κ3) is 32.6. The van der Waals surface area contributed by atoms with Gasteiger partial charge in [0.1, 0.15) is 56.8 Å². The van der Waals surface area contributed by atoms with Crippen LogP contribution in [0, 0.1) is 34.0 Å². The van der Waals surface area contributed by atoms with Crippen molar-refractivity contribution in [3.63, 3.8) is 0 Å². The Morgan fingerprint density at radius 3 is 0.893 bits per heavy atom. The molecule has 15 heteroatoms. The first kappa shape index (κ1) is 66.7. The largest absolute Gasteiger partial charge is 0.545 e. The molecule has 0 radical (unpaired) electrons. The first-order valence-corrected chi connectivity index (χ1v) is 28.6. The lowest BCUT2D eigenvalue weighted by atomic mass is 10.0. The minimum atomic E-state index is -1.91. The number of aromatic amines is 3. The number of rotatable bonds is 39. The van der Waals surface area contributed by atoms with Gasteiger partial charge in [0.25, 0.3) is 17.5 Å². The molecule has 1 aromatic carbocycles. The van der Waals surface area contributed by atoms with E-state index < -0.39 is 34.6 Å². The fraction of sp³-hybridized carbons (Fsp3) is 0.650. The van der Waals surface area contributed by atoms with Crippen LogP contribution in [-0.2, 0) is 38.9 Å². The summed E-state index contributed by atoms with van der Waals surface area (Å²) in [5.74, 6) is -1.70. The SMILES string of the molecule is CCCCCCCCCCCc1[nH]cc[n+]1CCC#N.CCCCCCCCCCCc1[nH]cc[n+]1CCC#N.CCCCCCCCCCCc1[nH]cc[n+]1CCC#N.O=C([O-])c1cccc(C(=O)[O-])c1C(=O)[O-]. The molecule has 0 saturated heterocycles. The molecule has 0 unspecified atom stereocenters. The Morgan fingerprint density at radius 1 is 0.413 bits per heavy atom. The topological polar surface area (TPSA) is 251 Å². The Kier molecular flexibility index (Phi) is 41.2. The molecule has 0 amide bonds. The van der Waals surface area contributed by atoms with Gasteiger partial charge >= 0.3 is 0 Å². The zero-order valence-corrected chi connectivity index (χ0v) is 46.3. The number of H-pyrrole nitrogens is 3. The highest BCUT2D eigenvalue weighted by molar-refractivity contribution is 6.07. The number of carbonyl (C=O) groups excluding carboxylic acids is 3. The number of benzene rings is 1. The van der Waals surface area contributed by atoms with Gasteiger partial charge in [0, 0.05) is 36.0 Å². The van der Waals surface area contributed by atoms with Crippen molar-refractivity contribution in [3.8, 4) is 18.2 Å². The first-order chi connectivity index (χ1) is 36.6. The molecule has 3 aromatic heterocycles. The van der Waals surface area contributed by atoms with E-state index in [9.17, 15) is 29.7 Å². The predicted molar refractivity (Wildman–Crippen MR) is 286 cm³/mol. The maximum atomic E-state index is 10.6. The molecule has 4 aromatic rings. The smallest absolute Gasteiger partial charge is 0.254 e. The maximum absolute atomic E-state index is 10.6. The second-order valence-corrected chi connectivity index (χ2v) is 19.4. The van der Waals surface area contributed by atoms with Crippen molar-refractivity contribution < 1.29 is 43.4 Å². The zero-order valence-electron chi connectivity index (χ0n) is 46.3. The molecule has 0 aliphatic carbocycles. The molecule has 0 fully saturated rings. The van der Waals surface area contributed by atoms with Gasteiger partial charge in [-0.2, -0.15) is 15.8 Å². The maximum Gasteiger partial charge on any atom is 0.254 e. The molecule has 0 saturated carbocycles. The van der Waals surface area contributed by atoms with Gasteiger partial charge in [-0.15, -0.1) is 0 Å². The van der Waals surface area contributed by atoms with Crippen molar-refractivity contribution >= 4 is 17.9 Å². The average molecular weight is 1040 g/mol. The third-order valence-corrected chi connectivity index (χ3v) is 13.2. The number of aromatic nitrogens is 6. The van der Waals surface area contributed by atoms with Crippen LogP contribution in [-0.4, -0.2) is 32.9 Å². The molecule has 0 spiro atoms. The van der Waals surface area contributed by atoms with Gasteiger partial charge in [0.2, 0.25) is 0 Å². The summed E-state index contributed by atoms with van der Waals surface area (Å²) in [4.78, 5) is 41.4. The molecule has 15 nitrogen and oxygen atoms in total. The van der Waals surface area contributed by atoms with Crippen molar-refractivity contribution in [2.45, 2.75) is 252 Å². The lowest BCUT2D eigenvalue weighted by Crippen LogP contribution is -2.35. The number of hydrogen-bond acceptors (Lipinski definition) is 9. The van der Waals surface area contributed by atoms with Gasteiger partial charge in [-0.1, -0.05) is 193 Å². The van der Waals surface area contributed by atoms with E-state index in [0.29, 0.717) is 19.3 Å². The van der Waals surface area contributed by atoms with E-state index in [-0.39, 0.29) is 0 Å². The highest BCUT2D eigenvalue weighted by Crippen LogP contribution is 2.15. The van der Waals surface area contributed by atoms with Crippen LogP contribution in [0.2, 0.25) is 0 Å². The summed E-state index contributed by atoms with van der Waals surface area (Å²) in [7, 11) is 0. The summed E-state index contributed by atoms with van der Waals surface area (Å²) >= 11 is 0. The number of nitrogens with zero attached hydrogens (tertiary/aromatic N) is 6. The van der Waals surface area contributed by atoms with Gasteiger partial charge in [0.15, 0.2) is 0 Å². The number of carboxylic acid groups (broad SMARTS) is 3. The van der Waals surface area contributed by atoms with E-state index in [4.69, 9.17) is 15.8 Å². The molecular weight excluding hydrogens is 943 g/mol. The summed E-state index contributed by atoms with van der Waals surface area (Å²) in [5.41, 5.74) is -2.45. The van der Waals surface area contributed by atoms with E-state index in [0.717, 1.165) is 57.1 Å². The van der Waals surface area contributed by atoms with Crippen LogP contribution in [0.15, 0.2) is 55.4 Å². The van der Waals surface area contributed by atoms with Crippen molar-refractivity contribution in [1.29, 1.82) is 15.8 Å². The number of aryl methyl sites for hydroxylation is 6. The Morgan fingerprint density at radius 2 is 0.667 bits per heavy atom. The zero-order chi connectivity index (χ0) is 55.0. The van der Waals surface area contributed by atoms with Gasteiger partial charge in [0.05, 0.1) is 55.4 Å². The Bertz CT molecular complexity index is 2000. The molecule has 0 bridgehead atoms. The number of carbonyl (C=O) groups is 3. The average Bonchev–Trinajstić information content (AvgIpc) is 4.19. The van der Waals surface area contributed by atoms with Crippen molar-refractivity contribution in [2.24, 2.45) is 0 Å². The molecule has 0 aliphatic rings. The predicted octanol–water partition coefficient (Wildman–Crippen LogP) is 9.64. The fourth-order valence-corrected chi connectivity index (χ4v) is 8.90. The van der Waals surface area contributed by atoms with Gasteiger partial charge < -0.3 is 29.7 Å². The highest BCUT2D eigenvalue weighted by Gasteiger charge is 2.13. The number of nitriles is 3. The number of unbranched alkanes of at least 4 members (excludes halogenated alkanes) is 24. The molecular formula is C60H93N9O6. The minimum Gasteiger partial charge on any atom is -0.545 e. The van der Waals surface area contributed by atoms with E-state index in [1.54, 1.807) is 0 Å². The highest BCUT2D eigenvalue weighted by atomic mass is 16.4. The van der Waals surface area contributed by atoms with Crippen LogP contribution in [0.4, 0.5) is 0 Å². The van der Waals surface area contributed by atoms with E-state index >= 15 is 0 Å². The molecule has 3 N–H and O–H groups in total. The number of hydrogen-bond donors (Lipinski definition) is 3. The summed E-state index contributed by atoms with van der Waals surface area (Å²) < 4.78 is 6.52. The quantitative estimate of drug-likeness (QED) is 0.0284. The Labute approximate surface area is 450 Å². The monoisotopic (exact) mass is 1040 g/mol. The van der Waals surface area contributed by atoms with Gasteiger partial charge in [-0.25, -0.2) is 28.7 Å². The Hall–Kier alpha value is -6.27. The number of carboxylic acids is 3. The normalized spacial score (nSPS) is 10.4. The number of imidazole rings is 3. The molecule has 4 rings (SSSR count).